The zero-order valence-corrected chi connectivity index (χ0v) is 12.1. The molecule has 5 nitrogen and oxygen atoms in total. The van der Waals surface area contributed by atoms with Crippen molar-refractivity contribution < 1.29 is 23.4 Å². The van der Waals surface area contributed by atoms with Crippen LogP contribution in [0.1, 0.15) is 31.7 Å². The molecule has 2 atom stereocenters. The van der Waals surface area contributed by atoms with Crippen LogP contribution in [0.3, 0.4) is 0 Å². The summed E-state index contributed by atoms with van der Waals surface area (Å²) < 4.78 is 24.1. The second-order valence-electron chi connectivity index (χ2n) is 5.17. The van der Waals surface area contributed by atoms with E-state index in [-0.39, 0.29) is 22.6 Å². The Balaban J connectivity index is 2.61. The van der Waals surface area contributed by atoms with Gasteiger partial charge in [0.05, 0.1) is 16.6 Å². The number of sulfone groups is 1. The van der Waals surface area contributed by atoms with Crippen molar-refractivity contribution in [1.82, 2.24) is 0 Å². The first-order chi connectivity index (χ1) is 9.33. The molecule has 0 spiro atoms. The molecule has 0 radical (unpaired) electrons. The summed E-state index contributed by atoms with van der Waals surface area (Å²) in [5.74, 6) is -2.32. The summed E-state index contributed by atoms with van der Waals surface area (Å²) in [5, 5.41) is 20.2. The van der Waals surface area contributed by atoms with Gasteiger partial charge in [0.1, 0.15) is 5.60 Å². The number of aliphatic hydroxyl groups is 1. The molecule has 1 aromatic rings. The van der Waals surface area contributed by atoms with Gasteiger partial charge >= 0.3 is 5.97 Å². The molecule has 20 heavy (non-hydrogen) atoms. The average molecular weight is 298 g/mol. The molecule has 1 aromatic carbocycles. The number of rotatable bonds is 4. The van der Waals surface area contributed by atoms with Crippen molar-refractivity contribution in [2.24, 2.45) is 5.92 Å². The number of fused-ring (bicyclic) bond motifs is 1. The second-order valence-corrected chi connectivity index (χ2v) is 7.25. The predicted octanol–water partition coefficient (Wildman–Crippen LogP) is 1.55. The van der Waals surface area contributed by atoms with Crippen molar-refractivity contribution in [1.29, 1.82) is 0 Å². The van der Waals surface area contributed by atoms with E-state index in [1.807, 2.05) is 6.92 Å². The zero-order chi connectivity index (χ0) is 15.0. The van der Waals surface area contributed by atoms with Crippen molar-refractivity contribution in [3.63, 3.8) is 0 Å². The van der Waals surface area contributed by atoms with Gasteiger partial charge in [0, 0.05) is 5.56 Å². The SMILES string of the molecule is CCCC(C(=O)O)C1(O)CCS(=O)(=O)c2ccccc21. The molecule has 1 aliphatic heterocycles. The third-order valence-electron chi connectivity index (χ3n) is 3.89. The molecule has 0 aliphatic carbocycles. The lowest BCUT2D eigenvalue weighted by Crippen LogP contribution is -2.45. The van der Waals surface area contributed by atoms with Crippen LogP contribution >= 0.6 is 0 Å². The fourth-order valence-corrected chi connectivity index (χ4v) is 4.51. The van der Waals surface area contributed by atoms with E-state index in [4.69, 9.17) is 0 Å². The Hall–Kier alpha value is -1.40. The van der Waals surface area contributed by atoms with Gasteiger partial charge in [-0.3, -0.25) is 4.79 Å². The molecule has 0 amide bonds. The molecule has 0 bridgehead atoms. The lowest BCUT2D eigenvalue weighted by Gasteiger charge is -2.38. The highest BCUT2D eigenvalue weighted by atomic mass is 32.2. The topological polar surface area (TPSA) is 91.7 Å². The van der Waals surface area contributed by atoms with Gasteiger partial charge in [-0.15, -0.1) is 0 Å². The van der Waals surface area contributed by atoms with Gasteiger partial charge in [0.2, 0.25) is 0 Å². The number of benzene rings is 1. The minimum absolute atomic E-state index is 0.0519. The lowest BCUT2D eigenvalue weighted by atomic mass is 9.76. The summed E-state index contributed by atoms with van der Waals surface area (Å²) >= 11 is 0. The molecule has 1 aliphatic rings. The molecule has 2 N–H and O–H groups in total. The fourth-order valence-electron chi connectivity index (χ4n) is 2.85. The maximum atomic E-state index is 12.1. The van der Waals surface area contributed by atoms with Crippen LogP contribution in [0.15, 0.2) is 29.2 Å². The molecule has 0 saturated heterocycles. The van der Waals surface area contributed by atoms with E-state index in [1.54, 1.807) is 12.1 Å². The van der Waals surface area contributed by atoms with E-state index in [1.165, 1.54) is 12.1 Å². The molecule has 1 heterocycles. The van der Waals surface area contributed by atoms with Gasteiger partial charge in [0.25, 0.3) is 0 Å². The van der Waals surface area contributed by atoms with E-state index in [9.17, 15) is 23.4 Å². The van der Waals surface area contributed by atoms with Gasteiger partial charge in [0.15, 0.2) is 9.84 Å². The van der Waals surface area contributed by atoms with Crippen LogP contribution in [0, 0.1) is 5.92 Å². The first-order valence-electron chi connectivity index (χ1n) is 6.60. The maximum absolute atomic E-state index is 12.1. The Morgan fingerprint density at radius 1 is 1.40 bits per heavy atom. The molecule has 110 valence electrons. The number of carboxylic acid groups (broad SMARTS) is 1. The van der Waals surface area contributed by atoms with Gasteiger partial charge in [-0.25, -0.2) is 8.42 Å². The first-order valence-corrected chi connectivity index (χ1v) is 8.25. The lowest BCUT2D eigenvalue weighted by molar-refractivity contribution is -0.154. The quantitative estimate of drug-likeness (QED) is 0.880. The molecule has 0 fully saturated rings. The summed E-state index contributed by atoms with van der Waals surface area (Å²) in [6, 6.07) is 6.14. The third-order valence-corrected chi connectivity index (χ3v) is 5.66. The van der Waals surface area contributed by atoms with E-state index < -0.39 is 27.3 Å². The minimum Gasteiger partial charge on any atom is -0.481 e. The molecular formula is C14H18O5S. The monoisotopic (exact) mass is 298 g/mol. The van der Waals surface area contributed by atoms with Crippen LogP contribution in [0.2, 0.25) is 0 Å². The number of carbonyl (C=O) groups is 1. The Morgan fingerprint density at radius 2 is 2.05 bits per heavy atom. The van der Waals surface area contributed by atoms with E-state index in [0.29, 0.717) is 12.8 Å². The molecule has 2 rings (SSSR count). The van der Waals surface area contributed by atoms with Crippen LogP contribution in [-0.2, 0) is 20.2 Å². The second kappa shape index (κ2) is 5.18. The fraction of sp³-hybridized carbons (Fsp3) is 0.500. The van der Waals surface area contributed by atoms with Gasteiger partial charge in [-0.2, -0.15) is 0 Å². The smallest absolute Gasteiger partial charge is 0.309 e. The zero-order valence-electron chi connectivity index (χ0n) is 11.2. The Bertz CT molecular complexity index is 622. The van der Waals surface area contributed by atoms with E-state index >= 15 is 0 Å². The number of hydrogen-bond acceptors (Lipinski definition) is 4. The molecule has 6 heteroatoms. The van der Waals surface area contributed by atoms with Crippen molar-refractivity contribution in [3.8, 4) is 0 Å². The van der Waals surface area contributed by atoms with E-state index in [0.717, 1.165) is 0 Å². The highest BCUT2D eigenvalue weighted by molar-refractivity contribution is 7.91. The standard InChI is InChI=1S/C14H18O5S/c1-2-5-11(13(15)16)14(17)8-9-20(18,19)12-7-4-3-6-10(12)14/h3-4,6-7,11,17H,2,5,8-9H2,1H3,(H,15,16). The number of aliphatic carboxylic acids is 1. The Morgan fingerprint density at radius 3 is 2.65 bits per heavy atom. The van der Waals surface area contributed by atoms with Crippen LogP contribution in [-0.4, -0.2) is 30.4 Å². The van der Waals surface area contributed by atoms with Crippen LogP contribution in [0.25, 0.3) is 0 Å². The highest BCUT2D eigenvalue weighted by Gasteiger charge is 2.48. The summed E-state index contributed by atoms with van der Waals surface area (Å²) in [5.41, 5.74) is -1.41. The van der Waals surface area contributed by atoms with Crippen molar-refractivity contribution in [2.75, 3.05) is 5.75 Å². The Labute approximate surface area is 118 Å². The van der Waals surface area contributed by atoms with Crippen LogP contribution < -0.4 is 0 Å². The summed E-state index contributed by atoms with van der Waals surface area (Å²) in [6.07, 6.45) is 0.831. The van der Waals surface area contributed by atoms with Gasteiger partial charge < -0.3 is 10.2 Å². The summed E-state index contributed by atoms with van der Waals surface area (Å²) in [7, 11) is -3.44. The number of carboxylic acids is 1. The predicted molar refractivity (Wildman–Crippen MR) is 73.0 cm³/mol. The molecule has 0 aromatic heterocycles. The highest BCUT2D eigenvalue weighted by Crippen LogP contribution is 2.43. The minimum atomic E-state index is -3.44. The van der Waals surface area contributed by atoms with Crippen molar-refractivity contribution in [3.05, 3.63) is 29.8 Å². The Kier molecular flexibility index (Phi) is 3.88. The summed E-state index contributed by atoms with van der Waals surface area (Å²) in [6.45, 7) is 1.84. The van der Waals surface area contributed by atoms with Gasteiger partial charge in [-0.1, -0.05) is 31.5 Å². The largest absolute Gasteiger partial charge is 0.481 e. The summed E-state index contributed by atoms with van der Waals surface area (Å²) in [4.78, 5) is 11.5. The van der Waals surface area contributed by atoms with Crippen LogP contribution in [0.4, 0.5) is 0 Å². The molecule has 0 saturated carbocycles. The molecule has 2 unspecified atom stereocenters. The first kappa shape index (κ1) is 15.0. The molecular weight excluding hydrogens is 280 g/mol. The normalized spacial score (nSPS) is 25.7. The maximum Gasteiger partial charge on any atom is 0.309 e. The number of hydrogen-bond donors (Lipinski definition) is 2. The van der Waals surface area contributed by atoms with Crippen LogP contribution in [0.5, 0.6) is 0 Å². The van der Waals surface area contributed by atoms with Gasteiger partial charge in [-0.05, 0) is 18.9 Å². The average Bonchev–Trinajstić information content (AvgIpc) is 2.41. The van der Waals surface area contributed by atoms with Crippen molar-refractivity contribution >= 4 is 15.8 Å². The third kappa shape index (κ3) is 2.33. The van der Waals surface area contributed by atoms with E-state index in [2.05, 4.69) is 0 Å². The van der Waals surface area contributed by atoms with Crippen molar-refractivity contribution in [2.45, 2.75) is 36.7 Å².